The summed E-state index contributed by atoms with van der Waals surface area (Å²) in [4.78, 5) is 21.6. The lowest BCUT2D eigenvalue weighted by molar-refractivity contribution is 0.0752. The largest absolute Gasteiger partial charge is 0.396 e. The Morgan fingerprint density at radius 2 is 1.69 bits per heavy atom. The Bertz CT molecular complexity index is 889. The van der Waals surface area contributed by atoms with Gasteiger partial charge in [-0.2, -0.15) is 4.37 Å². The van der Waals surface area contributed by atoms with E-state index in [0.29, 0.717) is 29.3 Å². The van der Waals surface area contributed by atoms with E-state index in [9.17, 15) is 4.79 Å². The van der Waals surface area contributed by atoms with Crippen LogP contribution in [0.25, 0.3) is 11.3 Å². The summed E-state index contributed by atoms with van der Waals surface area (Å²) in [6, 6.07) is 14.0. The normalized spacial score (nSPS) is 14.5. The highest BCUT2D eigenvalue weighted by Gasteiger charge is 2.26. The number of hydrogen-bond donors (Lipinski definition) is 1. The molecule has 0 aliphatic carbocycles. The van der Waals surface area contributed by atoms with Gasteiger partial charge in [0.2, 0.25) is 0 Å². The summed E-state index contributed by atoms with van der Waals surface area (Å²) in [6.45, 7) is 2.97. The molecule has 3 heterocycles. The molecule has 7 heteroatoms. The predicted octanol–water partition coefficient (Wildman–Crippen LogP) is 2.75. The minimum absolute atomic E-state index is 0.0342. The van der Waals surface area contributed by atoms with Gasteiger partial charge in [0, 0.05) is 49.8 Å². The lowest BCUT2D eigenvalue weighted by Gasteiger charge is -2.36. The van der Waals surface area contributed by atoms with Gasteiger partial charge >= 0.3 is 0 Å². The number of aromatic nitrogens is 2. The number of anilines is 2. The molecule has 3 aromatic rings. The van der Waals surface area contributed by atoms with Gasteiger partial charge in [0.05, 0.1) is 5.69 Å². The molecule has 1 aliphatic rings. The number of amides is 1. The smallest absolute Gasteiger partial charge is 0.267 e. The zero-order chi connectivity index (χ0) is 17.9. The van der Waals surface area contributed by atoms with E-state index < -0.39 is 0 Å². The Morgan fingerprint density at radius 3 is 2.38 bits per heavy atom. The van der Waals surface area contributed by atoms with Crippen LogP contribution < -0.4 is 10.6 Å². The quantitative estimate of drug-likeness (QED) is 0.772. The maximum atomic E-state index is 12.9. The predicted molar refractivity (Wildman–Crippen MR) is 104 cm³/mol. The van der Waals surface area contributed by atoms with Crippen LogP contribution >= 0.6 is 11.5 Å². The number of hydrogen-bond acceptors (Lipinski definition) is 6. The van der Waals surface area contributed by atoms with Gasteiger partial charge in [-0.3, -0.25) is 9.78 Å². The summed E-state index contributed by atoms with van der Waals surface area (Å²) in [5.74, 6) is -0.0342. The summed E-state index contributed by atoms with van der Waals surface area (Å²) in [5.41, 5.74) is 9.41. The van der Waals surface area contributed by atoms with Crippen LogP contribution in [-0.2, 0) is 0 Å². The minimum Gasteiger partial charge on any atom is -0.396 e. The Balaban J connectivity index is 1.47. The van der Waals surface area contributed by atoms with Gasteiger partial charge in [0.1, 0.15) is 10.6 Å². The van der Waals surface area contributed by atoms with Crippen molar-refractivity contribution in [3.8, 4) is 11.3 Å². The van der Waals surface area contributed by atoms with Crippen LogP contribution in [0.15, 0.2) is 54.9 Å². The lowest BCUT2D eigenvalue weighted by atomic mass is 10.1. The first-order valence-electron chi connectivity index (χ1n) is 8.49. The number of carbonyl (C=O) groups is 1. The first-order chi connectivity index (χ1) is 12.7. The molecule has 0 radical (unpaired) electrons. The number of nitrogen functional groups attached to an aromatic ring is 1. The van der Waals surface area contributed by atoms with E-state index in [-0.39, 0.29) is 5.91 Å². The Morgan fingerprint density at radius 1 is 1.00 bits per heavy atom. The van der Waals surface area contributed by atoms with Crippen LogP contribution in [0.4, 0.5) is 11.4 Å². The SMILES string of the molecule is Nc1c(-c2ccncc2)nsc1C(=O)N1CCN(c2ccccc2)CC1. The van der Waals surface area contributed by atoms with E-state index in [2.05, 4.69) is 26.4 Å². The molecule has 0 atom stereocenters. The lowest BCUT2D eigenvalue weighted by Crippen LogP contribution is -2.48. The van der Waals surface area contributed by atoms with Gasteiger partial charge in [-0.15, -0.1) is 0 Å². The fourth-order valence-corrected chi connectivity index (χ4v) is 3.91. The average Bonchev–Trinajstić information content (AvgIpc) is 3.10. The van der Waals surface area contributed by atoms with Crippen molar-refractivity contribution in [2.75, 3.05) is 36.8 Å². The molecule has 132 valence electrons. The molecule has 0 spiro atoms. The highest BCUT2D eigenvalue weighted by Crippen LogP contribution is 2.31. The molecule has 0 unspecified atom stereocenters. The molecule has 2 N–H and O–H groups in total. The molecule has 0 bridgehead atoms. The number of carbonyl (C=O) groups excluding carboxylic acids is 1. The molecule has 0 saturated carbocycles. The Hall–Kier alpha value is -2.93. The van der Waals surface area contributed by atoms with Gasteiger partial charge in [-0.25, -0.2) is 0 Å². The first-order valence-corrected chi connectivity index (χ1v) is 9.26. The van der Waals surface area contributed by atoms with Crippen LogP contribution in [-0.4, -0.2) is 46.3 Å². The van der Waals surface area contributed by atoms with Gasteiger partial charge in [-0.1, -0.05) is 18.2 Å². The van der Waals surface area contributed by atoms with E-state index in [1.54, 1.807) is 12.4 Å². The number of pyridine rings is 1. The summed E-state index contributed by atoms with van der Waals surface area (Å²) >= 11 is 1.17. The number of piperazine rings is 1. The van der Waals surface area contributed by atoms with Crippen LogP contribution in [0.5, 0.6) is 0 Å². The molecule has 1 saturated heterocycles. The number of rotatable bonds is 3. The fraction of sp³-hybridized carbons (Fsp3) is 0.211. The van der Waals surface area contributed by atoms with Crippen LogP contribution in [0.3, 0.4) is 0 Å². The van der Waals surface area contributed by atoms with Crippen LogP contribution in [0, 0.1) is 0 Å². The molecule has 1 aliphatic heterocycles. The zero-order valence-electron chi connectivity index (χ0n) is 14.2. The highest BCUT2D eigenvalue weighted by molar-refractivity contribution is 7.09. The third kappa shape index (κ3) is 3.13. The molecule has 1 amide bonds. The first kappa shape index (κ1) is 16.5. The summed E-state index contributed by atoms with van der Waals surface area (Å²) in [6.07, 6.45) is 3.39. The van der Waals surface area contributed by atoms with E-state index in [0.717, 1.165) is 18.7 Å². The second-order valence-electron chi connectivity index (χ2n) is 6.12. The third-order valence-corrected chi connectivity index (χ3v) is 5.42. The Labute approximate surface area is 156 Å². The number of benzene rings is 1. The van der Waals surface area contributed by atoms with Gasteiger partial charge in [-0.05, 0) is 35.8 Å². The van der Waals surface area contributed by atoms with Crippen molar-refractivity contribution in [2.45, 2.75) is 0 Å². The Kier molecular flexibility index (Phi) is 4.53. The summed E-state index contributed by atoms with van der Waals surface area (Å²) in [7, 11) is 0. The maximum absolute atomic E-state index is 12.9. The van der Waals surface area contributed by atoms with Crippen molar-refractivity contribution < 1.29 is 4.79 Å². The maximum Gasteiger partial charge on any atom is 0.267 e. The van der Waals surface area contributed by atoms with E-state index in [4.69, 9.17) is 5.73 Å². The highest BCUT2D eigenvalue weighted by atomic mass is 32.1. The molecule has 26 heavy (non-hydrogen) atoms. The average molecular weight is 365 g/mol. The van der Waals surface area contributed by atoms with Crippen LogP contribution in [0.2, 0.25) is 0 Å². The van der Waals surface area contributed by atoms with Crippen molar-refractivity contribution in [1.82, 2.24) is 14.3 Å². The van der Waals surface area contributed by atoms with Gasteiger partial charge in [0.25, 0.3) is 5.91 Å². The van der Waals surface area contributed by atoms with Gasteiger partial charge in [0.15, 0.2) is 0 Å². The molecule has 6 nitrogen and oxygen atoms in total. The molecular weight excluding hydrogens is 346 g/mol. The number of para-hydroxylation sites is 1. The molecule has 1 fully saturated rings. The summed E-state index contributed by atoms with van der Waals surface area (Å²) in [5, 5.41) is 0. The number of nitrogens with zero attached hydrogens (tertiary/aromatic N) is 4. The van der Waals surface area contributed by atoms with Crippen molar-refractivity contribution >= 4 is 28.8 Å². The summed E-state index contributed by atoms with van der Waals surface area (Å²) < 4.78 is 4.40. The molecule has 1 aromatic carbocycles. The third-order valence-electron chi connectivity index (χ3n) is 4.56. The second kappa shape index (κ2) is 7.13. The second-order valence-corrected chi connectivity index (χ2v) is 6.90. The standard InChI is InChI=1S/C19H19N5OS/c20-16-17(14-6-8-21-9-7-14)22-26-18(16)19(25)24-12-10-23(11-13-24)15-4-2-1-3-5-15/h1-9H,10-13,20H2. The van der Waals surface area contributed by atoms with E-state index in [1.165, 1.54) is 17.2 Å². The van der Waals surface area contributed by atoms with Gasteiger partial charge < -0.3 is 15.5 Å². The number of nitrogens with two attached hydrogens (primary N) is 1. The van der Waals surface area contributed by atoms with Crippen molar-refractivity contribution in [3.05, 3.63) is 59.7 Å². The molecular formula is C19H19N5OS. The van der Waals surface area contributed by atoms with E-state index in [1.807, 2.05) is 35.2 Å². The van der Waals surface area contributed by atoms with Crippen molar-refractivity contribution in [3.63, 3.8) is 0 Å². The minimum atomic E-state index is -0.0342. The van der Waals surface area contributed by atoms with Crippen molar-refractivity contribution in [2.24, 2.45) is 0 Å². The van der Waals surface area contributed by atoms with E-state index >= 15 is 0 Å². The molecule has 2 aromatic heterocycles. The van der Waals surface area contributed by atoms with Crippen molar-refractivity contribution in [1.29, 1.82) is 0 Å². The van der Waals surface area contributed by atoms with Crippen LogP contribution in [0.1, 0.15) is 9.67 Å². The zero-order valence-corrected chi connectivity index (χ0v) is 15.0. The molecule has 4 rings (SSSR count). The fourth-order valence-electron chi connectivity index (χ4n) is 3.12. The monoisotopic (exact) mass is 365 g/mol. The topological polar surface area (TPSA) is 75.3 Å².